The number of nitrogens with two attached hydrogens (primary N) is 1. The third-order valence-corrected chi connectivity index (χ3v) is 4.61. The molecule has 1 aliphatic rings. The van der Waals surface area contributed by atoms with E-state index in [1.54, 1.807) is 0 Å². The van der Waals surface area contributed by atoms with Crippen molar-refractivity contribution < 1.29 is 14.7 Å². The van der Waals surface area contributed by atoms with Crippen LogP contribution in [0.4, 0.5) is 0 Å². The Balaban J connectivity index is 2.19. The fourth-order valence-corrected chi connectivity index (χ4v) is 3.08. The Morgan fingerprint density at radius 1 is 1.26 bits per heavy atom. The maximum atomic E-state index is 11.7. The average Bonchev–Trinajstić information content (AvgIpc) is 2.42. The lowest BCUT2D eigenvalue weighted by molar-refractivity contribution is -0.121. The van der Waals surface area contributed by atoms with Crippen molar-refractivity contribution in [2.45, 2.75) is 38.5 Å². The van der Waals surface area contributed by atoms with Gasteiger partial charge in [0.15, 0.2) is 0 Å². The van der Waals surface area contributed by atoms with Gasteiger partial charge in [-0.15, -0.1) is 0 Å². The minimum atomic E-state index is -0.355. The number of hydrogen-bond acceptors (Lipinski definition) is 4. The molecule has 1 rings (SSSR count). The van der Waals surface area contributed by atoms with Gasteiger partial charge in [0, 0.05) is 24.1 Å². The molecule has 0 radical (unpaired) electrons. The van der Waals surface area contributed by atoms with Gasteiger partial charge in [0.1, 0.15) is 0 Å². The molecule has 1 fully saturated rings. The number of hydrogen-bond donors (Lipinski definition) is 3. The van der Waals surface area contributed by atoms with Crippen LogP contribution in [-0.2, 0) is 9.59 Å². The summed E-state index contributed by atoms with van der Waals surface area (Å²) in [6.45, 7) is 0.701. The van der Waals surface area contributed by atoms with Crippen LogP contribution in [0.25, 0.3) is 0 Å². The van der Waals surface area contributed by atoms with E-state index in [1.165, 1.54) is 18.2 Å². The zero-order valence-electron chi connectivity index (χ0n) is 11.3. The SMILES string of the molecule is NC(=O)CSCCC(=O)NCC1(CO)CCCCC1. The first-order valence-corrected chi connectivity index (χ1v) is 7.97. The van der Waals surface area contributed by atoms with E-state index in [2.05, 4.69) is 5.32 Å². The molecule has 110 valence electrons. The fraction of sp³-hybridized carbons (Fsp3) is 0.846. The lowest BCUT2D eigenvalue weighted by Crippen LogP contribution is -2.41. The van der Waals surface area contributed by atoms with E-state index in [-0.39, 0.29) is 29.6 Å². The van der Waals surface area contributed by atoms with Crippen molar-refractivity contribution in [3.8, 4) is 0 Å². The third-order valence-electron chi connectivity index (χ3n) is 3.63. The van der Waals surface area contributed by atoms with Crippen molar-refractivity contribution in [2.75, 3.05) is 24.7 Å². The normalized spacial score (nSPS) is 17.9. The highest BCUT2D eigenvalue weighted by Gasteiger charge is 2.31. The predicted octanol–water partition coefficient (Wildman–Crippen LogP) is 0.654. The molecule has 0 saturated heterocycles. The zero-order chi connectivity index (χ0) is 14.1. The summed E-state index contributed by atoms with van der Waals surface area (Å²) in [5.41, 5.74) is 4.90. The Morgan fingerprint density at radius 2 is 1.95 bits per heavy atom. The maximum Gasteiger partial charge on any atom is 0.227 e. The molecule has 6 heteroatoms. The van der Waals surface area contributed by atoms with E-state index in [0.717, 1.165) is 25.7 Å². The highest BCUT2D eigenvalue weighted by molar-refractivity contribution is 7.99. The first-order chi connectivity index (χ1) is 9.08. The van der Waals surface area contributed by atoms with E-state index < -0.39 is 0 Å². The van der Waals surface area contributed by atoms with Gasteiger partial charge in [0.05, 0.1) is 12.4 Å². The van der Waals surface area contributed by atoms with Crippen LogP contribution in [0.2, 0.25) is 0 Å². The average molecular weight is 288 g/mol. The second-order valence-electron chi connectivity index (χ2n) is 5.26. The quantitative estimate of drug-likeness (QED) is 0.572. The summed E-state index contributed by atoms with van der Waals surface area (Å²) in [7, 11) is 0. The Hall–Kier alpha value is -0.750. The standard InChI is InChI=1S/C13H24N2O3S/c14-11(17)8-19-7-4-12(18)15-9-13(10-16)5-2-1-3-6-13/h16H,1-10H2,(H2,14,17)(H,15,18). The topological polar surface area (TPSA) is 92.4 Å². The molecule has 19 heavy (non-hydrogen) atoms. The van der Waals surface area contributed by atoms with Gasteiger partial charge in [-0.1, -0.05) is 19.3 Å². The molecule has 0 aromatic heterocycles. The molecule has 0 spiro atoms. The van der Waals surface area contributed by atoms with Gasteiger partial charge in [-0.3, -0.25) is 9.59 Å². The minimum Gasteiger partial charge on any atom is -0.396 e. The van der Waals surface area contributed by atoms with Gasteiger partial charge >= 0.3 is 0 Å². The number of rotatable bonds is 8. The van der Waals surface area contributed by atoms with Crippen molar-refractivity contribution >= 4 is 23.6 Å². The largest absolute Gasteiger partial charge is 0.396 e. The van der Waals surface area contributed by atoms with Gasteiger partial charge in [0.2, 0.25) is 11.8 Å². The minimum absolute atomic E-state index is 0.0182. The first-order valence-electron chi connectivity index (χ1n) is 6.82. The summed E-state index contributed by atoms with van der Waals surface area (Å²) in [5.74, 6) is 0.483. The van der Waals surface area contributed by atoms with Crippen LogP contribution in [0, 0.1) is 5.41 Å². The summed E-state index contributed by atoms with van der Waals surface area (Å²) in [4.78, 5) is 22.2. The lowest BCUT2D eigenvalue weighted by atomic mass is 9.74. The monoisotopic (exact) mass is 288 g/mol. The predicted molar refractivity (Wildman–Crippen MR) is 76.7 cm³/mol. The number of primary amides is 1. The van der Waals surface area contributed by atoms with Crippen molar-refractivity contribution in [3.63, 3.8) is 0 Å². The number of nitrogens with one attached hydrogen (secondary N) is 1. The molecule has 0 aliphatic heterocycles. The molecule has 0 aromatic rings. The van der Waals surface area contributed by atoms with Gasteiger partial charge in [0.25, 0.3) is 0 Å². The van der Waals surface area contributed by atoms with Crippen molar-refractivity contribution in [1.82, 2.24) is 5.32 Å². The van der Waals surface area contributed by atoms with Crippen molar-refractivity contribution in [1.29, 1.82) is 0 Å². The van der Waals surface area contributed by atoms with Crippen LogP contribution >= 0.6 is 11.8 Å². The number of carbonyl (C=O) groups is 2. The Labute approximate surface area is 118 Å². The molecule has 0 bridgehead atoms. The van der Waals surface area contributed by atoms with E-state index in [0.29, 0.717) is 18.7 Å². The maximum absolute atomic E-state index is 11.7. The third kappa shape index (κ3) is 6.29. The summed E-state index contributed by atoms with van der Waals surface area (Å²) >= 11 is 1.37. The van der Waals surface area contributed by atoms with Crippen LogP contribution < -0.4 is 11.1 Å². The number of aliphatic hydroxyl groups excluding tert-OH is 1. The first kappa shape index (κ1) is 16.3. The number of amides is 2. The zero-order valence-corrected chi connectivity index (χ0v) is 12.1. The molecule has 1 saturated carbocycles. The Morgan fingerprint density at radius 3 is 2.53 bits per heavy atom. The van der Waals surface area contributed by atoms with Gasteiger partial charge < -0.3 is 16.2 Å². The van der Waals surface area contributed by atoms with Crippen molar-refractivity contribution in [3.05, 3.63) is 0 Å². The van der Waals surface area contributed by atoms with Crippen molar-refractivity contribution in [2.24, 2.45) is 11.1 Å². The highest BCUT2D eigenvalue weighted by Crippen LogP contribution is 2.35. The van der Waals surface area contributed by atoms with Gasteiger partial charge in [-0.05, 0) is 12.8 Å². The second kappa shape index (κ2) is 8.43. The van der Waals surface area contributed by atoms with Crippen LogP contribution in [-0.4, -0.2) is 41.6 Å². The van der Waals surface area contributed by atoms with E-state index in [9.17, 15) is 14.7 Å². The molecule has 5 nitrogen and oxygen atoms in total. The molecular weight excluding hydrogens is 264 g/mol. The van der Waals surface area contributed by atoms with Gasteiger partial charge in [-0.25, -0.2) is 0 Å². The molecule has 0 heterocycles. The van der Waals surface area contributed by atoms with Crippen LogP contribution in [0.1, 0.15) is 38.5 Å². The Kier molecular flexibility index (Phi) is 7.23. The van der Waals surface area contributed by atoms with Crippen LogP contribution in [0.15, 0.2) is 0 Å². The van der Waals surface area contributed by atoms with E-state index >= 15 is 0 Å². The number of thioether (sulfide) groups is 1. The molecule has 4 N–H and O–H groups in total. The lowest BCUT2D eigenvalue weighted by Gasteiger charge is -2.35. The summed E-state index contributed by atoms with van der Waals surface area (Å²) in [6.07, 6.45) is 5.84. The van der Waals surface area contributed by atoms with E-state index in [4.69, 9.17) is 5.73 Å². The van der Waals surface area contributed by atoms with Crippen LogP contribution in [0.5, 0.6) is 0 Å². The number of aliphatic hydroxyl groups is 1. The molecule has 0 atom stereocenters. The molecule has 0 unspecified atom stereocenters. The number of carbonyl (C=O) groups excluding carboxylic acids is 2. The van der Waals surface area contributed by atoms with Gasteiger partial charge in [-0.2, -0.15) is 11.8 Å². The molecular formula is C13H24N2O3S. The summed E-state index contributed by atoms with van der Waals surface area (Å²) in [6, 6.07) is 0. The smallest absolute Gasteiger partial charge is 0.227 e. The second-order valence-corrected chi connectivity index (χ2v) is 6.37. The Bertz CT molecular complexity index is 304. The fourth-order valence-electron chi connectivity index (χ4n) is 2.40. The summed E-state index contributed by atoms with van der Waals surface area (Å²) in [5, 5.41) is 12.4. The summed E-state index contributed by atoms with van der Waals surface area (Å²) < 4.78 is 0. The molecule has 2 amide bonds. The molecule has 1 aliphatic carbocycles. The van der Waals surface area contributed by atoms with E-state index in [1.807, 2.05) is 0 Å². The highest BCUT2D eigenvalue weighted by atomic mass is 32.2. The van der Waals surface area contributed by atoms with Crippen LogP contribution in [0.3, 0.4) is 0 Å². The molecule has 0 aromatic carbocycles.